The lowest BCUT2D eigenvalue weighted by Crippen LogP contribution is -2.40. The standard InChI is InChI=1S/C11H18Br6ClO3P/c1-8(2,5-12)10(14,15)20-22(19,7-18)21-11(16,17)9(3,4)6-13/h5-7H2,1-4H3. The molecule has 0 N–H and O–H groups in total. The van der Waals surface area contributed by atoms with Gasteiger partial charge in [-0.25, -0.2) is 0 Å². The lowest BCUT2D eigenvalue weighted by Gasteiger charge is -2.42. The Morgan fingerprint density at radius 1 is 0.864 bits per heavy atom. The first-order valence-electron chi connectivity index (χ1n) is 6.04. The van der Waals surface area contributed by atoms with Crippen molar-refractivity contribution in [1.29, 1.82) is 0 Å². The van der Waals surface area contributed by atoms with Gasteiger partial charge in [0.2, 0.25) is 0 Å². The first-order valence-corrected chi connectivity index (χ1v) is 13.7. The fraction of sp³-hybridized carbons (Fsp3) is 1.00. The van der Waals surface area contributed by atoms with E-state index in [1.165, 1.54) is 0 Å². The molecule has 0 heterocycles. The molecule has 134 valence electrons. The molecule has 3 nitrogen and oxygen atoms in total. The van der Waals surface area contributed by atoms with E-state index in [1.54, 1.807) is 0 Å². The molecule has 0 atom stereocenters. The van der Waals surface area contributed by atoms with Gasteiger partial charge in [-0.15, -0.1) is 11.6 Å². The van der Waals surface area contributed by atoms with Crippen molar-refractivity contribution in [2.24, 2.45) is 10.8 Å². The van der Waals surface area contributed by atoms with E-state index in [4.69, 9.17) is 20.6 Å². The van der Waals surface area contributed by atoms with Crippen LogP contribution in [0.1, 0.15) is 27.7 Å². The maximum atomic E-state index is 13.0. The highest BCUT2D eigenvalue weighted by molar-refractivity contribution is 9.25. The van der Waals surface area contributed by atoms with Crippen molar-refractivity contribution in [3.05, 3.63) is 0 Å². The minimum Gasteiger partial charge on any atom is -0.278 e. The van der Waals surface area contributed by atoms with Crippen LogP contribution < -0.4 is 0 Å². The van der Waals surface area contributed by atoms with Crippen molar-refractivity contribution in [2.75, 3.05) is 16.3 Å². The van der Waals surface area contributed by atoms with Gasteiger partial charge >= 0.3 is 7.60 Å². The summed E-state index contributed by atoms with van der Waals surface area (Å²) >= 11 is 26.4. The molecule has 0 aliphatic carbocycles. The summed E-state index contributed by atoms with van der Waals surface area (Å²) in [5, 5.41) is 1.19. The zero-order chi connectivity index (χ0) is 18.0. The smallest absolute Gasteiger partial charge is 0.278 e. The molecule has 0 bridgehead atoms. The topological polar surface area (TPSA) is 35.5 Å². The predicted molar refractivity (Wildman–Crippen MR) is 117 cm³/mol. The molecule has 0 saturated carbocycles. The zero-order valence-electron chi connectivity index (χ0n) is 12.4. The van der Waals surface area contributed by atoms with Crippen molar-refractivity contribution >= 4 is 115 Å². The van der Waals surface area contributed by atoms with Crippen molar-refractivity contribution < 1.29 is 13.6 Å². The van der Waals surface area contributed by atoms with Crippen LogP contribution in [0.2, 0.25) is 0 Å². The highest BCUT2D eigenvalue weighted by Crippen LogP contribution is 2.65. The molecule has 0 aliphatic heterocycles. The largest absolute Gasteiger partial charge is 0.349 e. The first kappa shape index (κ1) is 25.3. The third-order valence-corrected chi connectivity index (χ3v) is 13.9. The normalized spacial score (nSPS) is 15.2. The van der Waals surface area contributed by atoms with Gasteiger partial charge in [0.15, 0.2) is 6.84 Å². The second-order valence-electron chi connectivity index (χ2n) is 5.98. The molecular formula is C11H18Br6ClO3P. The Hall–Kier alpha value is 3.32. The second kappa shape index (κ2) is 9.01. The van der Waals surface area contributed by atoms with E-state index >= 15 is 0 Å². The van der Waals surface area contributed by atoms with Crippen LogP contribution in [0.15, 0.2) is 0 Å². The van der Waals surface area contributed by atoms with E-state index in [9.17, 15) is 4.57 Å². The third-order valence-electron chi connectivity index (χ3n) is 2.90. The highest BCUT2D eigenvalue weighted by Gasteiger charge is 2.52. The van der Waals surface area contributed by atoms with Crippen molar-refractivity contribution in [1.82, 2.24) is 0 Å². The lowest BCUT2D eigenvalue weighted by atomic mass is 9.98. The molecule has 0 spiro atoms. The Bertz CT molecular complexity index is 396. The number of rotatable bonds is 9. The molecule has 22 heavy (non-hydrogen) atoms. The van der Waals surface area contributed by atoms with E-state index < -0.39 is 25.3 Å². The molecule has 0 fully saturated rings. The van der Waals surface area contributed by atoms with Gasteiger partial charge in [0, 0.05) is 21.5 Å². The Morgan fingerprint density at radius 3 is 1.32 bits per heavy atom. The van der Waals surface area contributed by atoms with E-state index in [1.807, 2.05) is 27.7 Å². The van der Waals surface area contributed by atoms with Gasteiger partial charge in [0.1, 0.15) is 5.62 Å². The summed E-state index contributed by atoms with van der Waals surface area (Å²) in [6.45, 7) is 7.73. The fourth-order valence-corrected chi connectivity index (χ4v) is 7.94. The van der Waals surface area contributed by atoms with Gasteiger partial charge in [-0.1, -0.05) is 59.6 Å². The summed E-state index contributed by atoms with van der Waals surface area (Å²) in [4.78, 5) is 0. The molecule has 0 unspecified atom stereocenters. The molecule has 0 amide bonds. The highest BCUT2D eigenvalue weighted by atomic mass is 79.9. The van der Waals surface area contributed by atoms with Gasteiger partial charge in [-0.3, -0.25) is 13.6 Å². The molecule has 0 radical (unpaired) electrons. The summed E-state index contributed by atoms with van der Waals surface area (Å²) < 4.78 is 22.3. The summed E-state index contributed by atoms with van der Waals surface area (Å²) in [5.41, 5.74) is -1.14. The number of alkyl halides is 7. The Labute approximate surface area is 188 Å². The third kappa shape index (κ3) is 6.49. The fourth-order valence-electron chi connectivity index (χ4n) is 0.819. The minimum atomic E-state index is -3.63. The summed E-state index contributed by atoms with van der Waals surface area (Å²) in [5.74, 6) is 0. The van der Waals surface area contributed by atoms with Crippen molar-refractivity contribution in [3.8, 4) is 0 Å². The van der Waals surface area contributed by atoms with Gasteiger partial charge in [0.25, 0.3) is 0 Å². The second-order valence-corrected chi connectivity index (χ2v) is 16.2. The molecular weight excluding hydrogens is 726 g/mol. The monoisotopic (exact) mass is 738 g/mol. The van der Waals surface area contributed by atoms with E-state index in [0.29, 0.717) is 10.7 Å². The van der Waals surface area contributed by atoms with Crippen LogP contribution in [0.5, 0.6) is 0 Å². The van der Waals surface area contributed by atoms with Gasteiger partial charge < -0.3 is 0 Å². The van der Waals surface area contributed by atoms with Gasteiger partial charge in [-0.05, 0) is 63.7 Å². The zero-order valence-corrected chi connectivity index (χ0v) is 23.6. The van der Waals surface area contributed by atoms with Crippen LogP contribution in [0.4, 0.5) is 0 Å². The average Bonchev–Trinajstić information content (AvgIpc) is 2.36. The Balaban J connectivity index is 5.45. The molecule has 0 rings (SSSR count). The maximum absolute atomic E-state index is 13.0. The SMILES string of the molecule is CC(C)(CBr)C(Br)(Br)OP(=O)(CCl)OC(Br)(Br)C(C)(C)CBr. The van der Waals surface area contributed by atoms with E-state index in [-0.39, 0.29) is 5.62 Å². The number of hydrogen-bond acceptors (Lipinski definition) is 3. The summed E-state index contributed by atoms with van der Waals surface area (Å²) in [6.07, 6.45) is 0. The Morgan fingerprint density at radius 2 is 1.14 bits per heavy atom. The molecule has 0 aromatic rings. The van der Waals surface area contributed by atoms with Crippen LogP contribution in [0.25, 0.3) is 0 Å². The average molecular weight is 744 g/mol. The van der Waals surface area contributed by atoms with Gasteiger partial charge in [0.05, 0.1) is 0 Å². The van der Waals surface area contributed by atoms with Crippen LogP contribution in [0, 0.1) is 10.8 Å². The molecule has 11 heteroatoms. The van der Waals surface area contributed by atoms with Crippen molar-refractivity contribution in [3.63, 3.8) is 0 Å². The lowest BCUT2D eigenvalue weighted by molar-refractivity contribution is 0.0820. The molecule has 0 saturated heterocycles. The van der Waals surface area contributed by atoms with E-state index in [0.717, 1.165) is 0 Å². The summed E-state index contributed by atoms with van der Waals surface area (Å²) in [6, 6.07) is 0. The van der Waals surface area contributed by atoms with Crippen LogP contribution >= 0.6 is 115 Å². The quantitative estimate of drug-likeness (QED) is 0.177. The molecule has 0 aromatic carbocycles. The summed E-state index contributed by atoms with van der Waals surface area (Å²) in [7, 11) is -3.63. The minimum absolute atomic E-state index is 0.290. The number of halogens is 7. The molecule has 0 aliphatic rings. The first-order chi connectivity index (χ1) is 9.60. The maximum Gasteiger partial charge on any atom is 0.349 e. The van der Waals surface area contributed by atoms with Crippen molar-refractivity contribution in [2.45, 2.75) is 34.5 Å². The van der Waals surface area contributed by atoms with E-state index in [2.05, 4.69) is 95.6 Å². The van der Waals surface area contributed by atoms with Crippen LogP contribution in [0.3, 0.4) is 0 Å². The van der Waals surface area contributed by atoms with Gasteiger partial charge in [-0.2, -0.15) is 0 Å². The predicted octanol–water partition coefficient (Wildman–Crippen LogP) is 8.14. The van der Waals surface area contributed by atoms with Crippen LogP contribution in [-0.4, -0.2) is 23.1 Å². The van der Waals surface area contributed by atoms with Crippen LogP contribution in [-0.2, 0) is 13.6 Å². The molecule has 0 aromatic heterocycles. The Kier molecular flexibility index (Phi) is 10.4. The number of hydrogen-bond donors (Lipinski definition) is 0.